The molecule has 0 spiro atoms. The SMILES string of the molecule is CSCC[C@H](NC(=O)[C@@H](NC(=O)[C@@H](N)CCSC)[C@@H](C)O)C(=O)N[C@@H](CCC(N)=O)C(=O)N[C@@H](CCC(=O)O)C(=O)O. The molecule has 0 aromatic rings. The molecule has 0 heterocycles. The van der Waals surface area contributed by atoms with E-state index in [1.54, 1.807) is 6.26 Å². The highest BCUT2D eigenvalue weighted by Crippen LogP contribution is 2.07. The van der Waals surface area contributed by atoms with Gasteiger partial charge in [-0.2, -0.15) is 23.5 Å². The first kappa shape index (κ1) is 38.9. The molecule has 18 heteroatoms. The summed E-state index contributed by atoms with van der Waals surface area (Å²) >= 11 is 2.82. The topological polar surface area (TPSA) is 280 Å². The number of aliphatic hydroxyl groups excluding tert-OH is 1. The van der Waals surface area contributed by atoms with Crippen molar-refractivity contribution in [3.63, 3.8) is 0 Å². The molecule has 0 aliphatic carbocycles. The number of nitrogens with two attached hydrogens (primary N) is 2. The highest BCUT2D eigenvalue weighted by molar-refractivity contribution is 7.98. The van der Waals surface area contributed by atoms with Crippen LogP contribution >= 0.6 is 23.5 Å². The van der Waals surface area contributed by atoms with Crippen LogP contribution in [0.4, 0.5) is 0 Å². The van der Waals surface area contributed by atoms with Gasteiger partial charge in [0.15, 0.2) is 0 Å². The average Bonchev–Trinajstić information content (AvgIpc) is 2.91. The summed E-state index contributed by atoms with van der Waals surface area (Å²) in [6, 6.07) is -6.71. The second-order valence-electron chi connectivity index (χ2n) is 9.36. The summed E-state index contributed by atoms with van der Waals surface area (Å²) < 4.78 is 0. The summed E-state index contributed by atoms with van der Waals surface area (Å²) in [6.07, 6.45) is 0.941. The van der Waals surface area contributed by atoms with E-state index in [9.17, 15) is 43.8 Å². The minimum atomic E-state index is -1.59. The van der Waals surface area contributed by atoms with E-state index >= 15 is 0 Å². The summed E-state index contributed by atoms with van der Waals surface area (Å²) in [6.45, 7) is 1.27. The number of aliphatic carboxylic acids is 2. The van der Waals surface area contributed by atoms with Gasteiger partial charge in [-0.15, -0.1) is 0 Å². The van der Waals surface area contributed by atoms with Gasteiger partial charge in [0, 0.05) is 12.8 Å². The van der Waals surface area contributed by atoms with Gasteiger partial charge in [-0.1, -0.05) is 0 Å². The Kier molecular flexibility index (Phi) is 19.2. The molecule has 0 bridgehead atoms. The molecule has 0 rings (SSSR count). The maximum Gasteiger partial charge on any atom is 0.326 e. The first-order valence-corrected chi connectivity index (χ1v) is 15.8. The van der Waals surface area contributed by atoms with Gasteiger partial charge in [0.05, 0.1) is 12.1 Å². The Balaban J connectivity index is 5.80. The number of carbonyl (C=O) groups is 7. The normalized spacial score (nSPS) is 15.2. The van der Waals surface area contributed by atoms with Gasteiger partial charge >= 0.3 is 11.9 Å². The lowest BCUT2D eigenvalue weighted by Gasteiger charge is -2.27. The van der Waals surface area contributed by atoms with Crippen molar-refractivity contribution in [1.29, 1.82) is 0 Å². The molecule has 240 valence electrons. The fraction of sp³-hybridized carbons (Fsp3) is 0.708. The summed E-state index contributed by atoms with van der Waals surface area (Å²) in [7, 11) is 0. The Labute approximate surface area is 252 Å². The molecule has 0 aliphatic rings. The van der Waals surface area contributed by atoms with Gasteiger partial charge in [0.2, 0.25) is 29.5 Å². The zero-order valence-corrected chi connectivity index (χ0v) is 25.4. The van der Waals surface area contributed by atoms with E-state index in [1.165, 1.54) is 30.4 Å². The van der Waals surface area contributed by atoms with Crippen LogP contribution in [0.15, 0.2) is 0 Å². The Hall–Kier alpha value is -3.09. The van der Waals surface area contributed by atoms with Gasteiger partial charge in [0.25, 0.3) is 0 Å². The average molecular weight is 639 g/mol. The largest absolute Gasteiger partial charge is 0.481 e. The molecule has 0 aromatic carbocycles. The number of aliphatic hydroxyl groups is 1. The number of thioether (sulfide) groups is 2. The lowest BCUT2D eigenvalue weighted by Crippen LogP contribution is -2.60. The molecule has 0 radical (unpaired) electrons. The van der Waals surface area contributed by atoms with Gasteiger partial charge in [-0.25, -0.2) is 4.79 Å². The number of hydrogen-bond donors (Lipinski definition) is 9. The molecular weight excluding hydrogens is 596 g/mol. The highest BCUT2D eigenvalue weighted by Gasteiger charge is 2.33. The van der Waals surface area contributed by atoms with Crippen molar-refractivity contribution in [3.8, 4) is 0 Å². The maximum absolute atomic E-state index is 13.2. The Morgan fingerprint density at radius 3 is 1.64 bits per heavy atom. The van der Waals surface area contributed by atoms with E-state index in [0.29, 0.717) is 17.9 Å². The van der Waals surface area contributed by atoms with Crippen molar-refractivity contribution in [1.82, 2.24) is 21.3 Å². The number of carbonyl (C=O) groups excluding carboxylic acids is 5. The number of primary amides is 1. The zero-order valence-electron chi connectivity index (χ0n) is 23.8. The third kappa shape index (κ3) is 15.8. The number of amides is 5. The Morgan fingerprint density at radius 1 is 0.690 bits per heavy atom. The number of nitrogens with one attached hydrogen (secondary N) is 4. The standard InChI is InChI=1S/C24H42N6O10S2/c1-12(31)19(30-20(35)13(25)8-10-41-2)23(38)28-15(9-11-42-3)22(37)27-14(4-6-17(26)32)21(36)29-16(24(39)40)5-7-18(33)34/h12-16,19,31H,4-11,25H2,1-3H3,(H2,26,32)(H,27,37)(H,28,38)(H,29,36)(H,30,35)(H,33,34)(H,39,40)/t12-,13+,14+,15+,16+,19+/m1/s1. The summed E-state index contributed by atoms with van der Waals surface area (Å²) in [5.74, 6) is -6.07. The molecular formula is C24H42N6O10S2. The Morgan fingerprint density at radius 2 is 1.17 bits per heavy atom. The van der Waals surface area contributed by atoms with Crippen molar-refractivity contribution in [2.75, 3.05) is 24.0 Å². The van der Waals surface area contributed by atoms with E-state index in [4.69, 9.17) is 16.6 Å². The quantitative estimate of drug-likeness (QED) is 0.0587. The second kappa shape index (κ2) is 20.7. The molecule has 6 atom stereocenters. The molecule has 0 unspecified atom stereocenters. The van der Waals surface area contributed by atoms with Gasteiger partial charge in [0.1, 0.15) is 24.2 Å². The third-order valence-electron chi connectivity index (χ3n) is 5.85. The monoisotopic (exact) mass is 638 g/mol. The van der Waals surface area contributed by atoms with E-state index in [2.05, 4.69) is 21.3 Å². The number of hydrogen-bond acceptors (Lipinski definition) is 11. The fourth-order valence-corrected chi connectivity index (χ4v) is 4.39. The van der Waals surface area contributed by atoms with Crippen LogP contribution in [-0.2, 0) is 33.6 Å². The molecule has 11 N–H and O–H groups in total. The van der Waals surface area contributed by atoms with Crippen LogP contribution in [0.25, 0.3) is 0 Å². The Bertz CT molecular complexity index is 955. The zero-order chi connectivity index (χ0) is 32.4. The van der Waals surface area contributed by atoms with E-state index in [0.717, 1.165) is 0 Å². The number of carboxylic acid groups (broad SMARTS) is 2. The number of rotatable bonds is 22. The smallest absolute Gasteiger partial charge is 0.326 e. The van der Waals surface area contributed by atoms with Crippen molar-refractivity contribution in [3.05, 3.63) is 0 Å². The highest BCUT2D eigenvalue weighted by atomic mass is 32.2. The van der Waals surface area contributed by atoms with Crippen LogP contribution < -0.4 is 32.7 Å². The minimum Gasteiger partial charge on any atom is -0.481 e. The summed E-state index contributed by atoms with van der Waals surface area (Å²) in [5, 5.41) is 37.7. The van der Waals surface area contributed by atoms with Gasteiger partial charge < -0.3 is 48.1 Å². The van der Waals surface area contributed by atoms with E-state index in [1.807, 2.05) is 6.26 Å². The molecule has 0 fully saturated rings. The van der Waals surface area contributed by atoms with Crippen LogP contribution in [0.5, 0.6) is 0 Å². The first-order chi connectivity index (χ1) is 19.6. The van der Waals surface area contributed by atoms with Crippen LogP contribution in [-0.4, -0.2) is 117 Å². The van der Waals surface area contributed by atoms with E-state index < -0.39 is 90.6 Å². The lowest BCUT2D eigenvalue weighted by molar-refractivity contribution is -0.143. The van der Waals surface area contributed by atoms with Crippen LogP contribution in [0, 0.1) is 0 Å². The fourth-order valence-electron chi connectivity index (χ4n) is 3.43. The third-order valence-corrected chi connectivity index (χ3v) is 7.14. The second-order valence-corrected chi connectivity index (χ2v) is 11.3. The molecule has 0 aromatic heterocycles. The van der Waals surface area contributed by atoms with Gasteiger partial charge in [-0.05, 0) is 56.6 Å². The van der Waals surface area contributed by atoms with Crippen molar-refractivity contribution in [2.24, 2.45) is 11.5 Å². The molecule has 0 saturated heterocycles. The molecule has 5 amide bonds. The molecule has 16 nitrogen and oxygen atoms in total. The van der Waals surface area contributed by atoms with Crippen LogP contribution in [0.3, 0.4) is 0 Å². The molecule has 42 heavy (non-hydrogen) atoms. The number of carboxylic acids is 2. The van der Waals surface area contributed by atoms with Crippen molar-refractivity contribution < 1.29 is 48.9 Å². The minimum absolute atomic E-state index is 0.0625. The van der Waals surface area contributed by atoms with Crippen LogP contribution in [0.1, 0.15) is 45.4 Å². The summed E-state index contributed by atoms with van der Waals surface area (Å²) in [5.41, 5.74) is 11.0. The van der Waals surface area contributed by atoms with Crippen molar-refractivity contribution in [2.45, 2.75) is 81.8 Å². The maximum atomic E-state index is 13.2. The van der Waals surface area contributed by atoms with Gasteiger partial charge in [-0.3, -0.25) is 28.8 Å². The van der Waals surface area contributed by atoms with Crippen molar-refractivity contribution >= 4 is 65.0 Å². The predicted molar refractivity (Wildman–Crippen MR) is 156 cm³/mol. The molecule has 0 saturated carbocycles. The van der Waals surface area contributed by atoms with Crippen LogP contribution in [0.2, 0.25) is 0 Å². The first-order valence-electron chi connectivity index (χ1n) is 13.0. The molecule has 0 aliphatic heterocycles. The summed E-state index contributed by atoms with van der Waals surface area (Å²) in [4.78, 5) is 85.3. The lowest BCUT2D eigenvalue weighted by atomic mass is 10.1. The predicted octanol–water partition coefficient (Wildman–Crippen LogP) is -2.65. The van der Waals surface area contributed by atoms with E-state index in [-0.39, 0.29) is 19.3 Å².